The molecule has 1 aliphatic rings. The van der Waals surface area contributed by atoms with Gasteiger partial charge in [-0.15, -0.1) is 0 Å². The van der Waals surface area contributed by atoms with Crippen molar-refractivity contribution >= 4 is 15.9 Å². The van der Waals surface area contributed by atoms with Crippen LogP contribution in [0.1, 0.15) is 5.82 Å². The summed E-state index contributed by atoms with van der Waals surface area (Å²) in [5, 5.41) is 1.06. The minimum atomic E-state index is 0.878. The van der Waals surface area contributed by atoms with E-state index < -0.39 is 0 Å². The Kier molecular flexibility index (Phi) is 4.69. The van der Waals surface area contributed by atoms with Gasteiger partial charge in [0.2, 0.25) is 0 Å². The van der Waals surface area contributed by atoms with Crippen LogP contribution in [0.25, 0.3) is 0 Å². The Morgan fingerprint density at radius 3 is 2.31 bits per heavy atom. The summed E-state index contributed by atoms with van der Waals surface area (Å²) in [5.41, 5.74) is 0. The van der Waals surface area contributed by atoms with Crippen LogP contribution < -0.4 is 0 Å². The van der Waals surface area contributed by atoms with E-state index in [1.54, 1.807) is 0 Å². The zero-order chi connectivity index (χ0) is 11.2. The zero-order valence-corrected chi connectivity index (χ0v) is 10.9. The number of aromatic nitrogens is 2. The van der Waals surface area contributed by atoms with Crippen LogP contribution in [0.15, 0.2) is 18.5 Å². The predicted octanol–water partition coefficient (Wildman–Crippen LogP) is 0.989. The first-order valence-corrected chi connectivity index (χ1v) is 6.77. The van der Waals surface area contributed by atoms with Crippen molar-refractivity contribution in [3.05, 3.63) is 24.3 Å². The van der Waals surface area contributed by atoms with Crippen molar-refractivity contribution in [2.24, 2.45) is 0 Å². The van der Waals surface area contributed by atoms with Crippen molar-refractivity contribution in [1.82, 2.24) is 19.8 Å². The van der Waals surface area contributed by atoms with Gasteiger partial charge in [0.1, 0.15) is 5.82 Å². The van der Waals surface area contributed by atoms with E-state index in [0.717, 1.165) is 50.4 Å². The predicted molar refractivity (Wildman–Crippen MR) is 67.5 cm³/mol. The van der Waals surface area contributed by atoms with Crippen molar-refractivity contribution in [2.75, 3.05) is 38.1 Å². The normalized spacial score (nSPS) is 18.8. The van der Waals surface area contributed by atoms with Gasteiger partial charge in [0.25, 0.3) is 0 Å². The van der Waals surface area contributed by atoms with Crippen LogP contribution >= 0.6 is 15.9 Å². The molecule has 1 aromatic heterocycles. The van der Waals surface area contributed by atoms with Gasteiger partial charge in [0, 0.05) is 50.4 Å². The lowest BCUT2D eigenvalue weighted by Gasteiger charge is -2.33. The van der Waals surface area contributed by atoms with Gasteiger partial charge in [-0.25, -0.2) is 9.97 Å². The summed E-state index contributed by atoms with van der Waals surface area (Å²) in [6.45, 7) is 6.56. The van der Waals surface area contributed by atoms with Gasteiger partial charge in [-0.3, -0.25) is 9.80 Å². The smallest absolute Gasteiger partial charge is 0.142 e. The van der Waals surface area contributed by atoms with Gasteiger partial charge in [0.15, 0.2) is 0 Å². The van der Waals surface area contributed by atoms with Crippen LogP contribution in [0.2, 0.25) is 0 Å². The molecule has 0 radical (unpaired) electrons. The fraction of sp³-hybridized carbons (Fsp3) is 0.636. The lowest BCUT2D eigenvalue weighted by atomic mass is 10.3. The van der Waals surface area contributed by atoms with E-state index in [1.165, 1.54) is 0 Å². The fourth-order valence-electron chi connectivity index (χ4n) is 1.90. The number of alkyl halides is 1. The van der Waals surface area contributed by atoms with Crippen molar-refractivity contribution < 1.29 is 0 Å². The molecule has 88 valence electrons. The first-order valence-electron chi connectivity index (χ1n) is 5.65. The molecule has 0 bridgehead atoms. The molecule has 2 heterocycles. The molecular weight excluding hydrogens is 268 g/mol. The maximum atomic E-state index is 4.25. The zero-order valence-electron chi connectivity index (χ0n) is 9.35. The topological polar surface area (TPSA) is 32.3 Å². The Hall–Kier alpha value is -0.520. The maximum absolute atomic E-state index is 4.25. The molecule has 2 rings (SSSR count). The number of rotatable bonds is 4. The Labute approximate surface area is 105 Å². The molecule has 0 aliphatic carbocycles. The van der Waals surface area contributed by atoms with Crippen molar-refractivity contribution in [1.29, 1.82) is 0 Å². The second-order valence-corrected chi connectivity index (χ2v) is 4.76. The highest BCUT2D eigenvalue weighted by atomic mass is 79.9. The number of nitrogens with zero attached hydrogens (tertiary/aromatic N) is 4. The average Bonchev–Trinajstić information content (AvgIpc) is 2.33. The highest BCUT2D eigenvalue weighted by Crippen LogP contribution is 2.05. The summed E-state index contributed by atoms with van der Waals surface area (Å²) in [5.74, 6) is 0.927. The Morgan fingerprint density at radius 2 is 1.69 bits per heavy atom. The molecule has 16 heavy (non-hydrogen) atoms. The molecule has 1 aliphatic heterocycles. The van der Waals surface area contributed by atoms with Gasteiger partial charge < -0.3 is 0 Å². The summed E-state index contributed by atoms with van der Waals surface area (Å²) < 4.78 is 0. The first kappa shape index (κ1) is 12.0. The number of hydrogen-bond donors (Lipinski definition) is 0. The molecule has 1 saturated heterocycles. The van der Waals surface area contributed by atoms with Crippen LogP contribution in [-0.4, -0.2) is 57.8 Å². The third-order valence-electron chi connectivity index (χ3n) is 2.85. The molecule has 0 unspecified atom stereocenters. The lowest BCUT2D eigenvalue weighted by molar-refractivity contribution is 0.130. The van der Waals surface area contributed by atoms with E-state index in [9.17, 15) is 0 Å². The van der Waals surface area contributed by atoms with Gasteiger partial charge in [-0.2, -0.15) is 0 Å². The summed E-state index contributed by atoms with van der Waals surface area (Å²) in [4.78, 5) is 13.4. The summed E-state index contributed by atoms with van der Waals surface area (Å²) in [7, 11) is 0. The molecule has 0 saturated carbocycles. The minimum Gasteiger partial charge on any atom is -0.300 e. The largest absolute Gasteiger partial charge is 0.300 e. The van der Waals surface area contributed by atoms with Crippen LogP contribution in [-0.2, 0) is 6.54 Å². The van der Waals surface area contributed by atoms with Crippen LogP contribution in [0, 0.1) is 0 Å². The second kappa shape index (κ2) is 6.27. The SMILES string of the molecule is BrCCN1CCN(Cc2ncccn2)CC1. The lowest BCUT2D eigenvalue weighted by Crippen LogP contribution is -2.46. The molecule has 0 amide bonds. The molecule has 0 N–H and O–H groups in total. The maximum Gasteiger partial charge on any atom is 0.142 e. The van der Waals surface area contributed by atoms with E-state index >= 15 is 0 Å². The van der Waals surface area contributed by atoms with Crippen molar-refractivity contribution in [3.8, 4) is 0 Å². The van der Waals surface area contributed by atoms with Crippen LogP contribution in [0.4, 0.5) is 0 Å². The van der Waals surface area contributed by atoms with Gasteiger partial charge >= 0.3 is 0 Å². The van der Waals surface area contributed by atoms with Crippen LogP contribution in [0.3, 0.4) is 0 Å². The molecule has 1 aromatic rings. The van der Waals surface area contributed by atoms with E-state index in [4.69, 9.17) is 0 Å². The standard InChI is InChI=1S/C11H17BrN4/c12-2-5-15-6-8-16(9-7-15)10-11-13-3-1-4-14-11/h1,3-4H,2,5-10H2. The minimum absolute atomic E-state index is 0.878. The Morgan fingerprint density at radius 1 is 1.06 bits per heavy atom. The summed E-state index contributed by atoms with van der Waals surface area (Å²) in [6, 6.07) is 1.86. The summed E-state index contributed by atoms with van der Waals surface area (Å²) >= 11 is 3.48. The highest BCUT2D eigenvalue weighted by Gasteiger charge is 2.16. The molecule has 4 nitrogen and oxygen atoms in total. The summed E-state index contributed by atoms with van der Waals surface area (Å²) in [6.07, 6.45) is 3.62. The van der Waals surface area contributed by atoms with Gasteiger partial charge in [-0.1, -0.05) is 15.9 Å². The molecule has 0 aromatic carbocycles. The molecule has 1 fully saturated rings. The van der Waals surface area contributed by atoms with Gasteiger partial charge in [0.05, 0.1) is 6.54 Å². The van der Waals surface area contributed by atoms with E-state index in [1.807, 2.05) is 18.5 Å². The molecule has 5 heteroatoms. The van der Waals surface area contributed by atoms with Crippen molar-refractivity contribution in [2.45, 2.75) is 6.54 Å². The third-order valence-corrected chi connectivity index (χ3v) is 3.20. The van der Waals surface area contributed by atoms with E-state index in [0.29, 0.717) is 0 Å². The fourth-order valence-corrected chi connectivity index (χ4v) is 2.40. The third kappa shape index (κ3) is 3.50. The van der Waals surface area contributed by atoms with Crippen molar-refractivity contribution in [3.63, 3.8) is 0 Å². The monoisotopic (exact) mass is 284 g/mol. The Balaban J connectivity index is 1.77. The highest BCUT2D eigenvalue weighted by molar-refractivity contribution is 9.09. The molecular formula is C11H17BrN4. The number of piperazine rings is 1. The van der Waals surface area contributed by atoms with Gasteiger partial charge in [-0.05, 0) is 6.07 Å². The molecule has 0 atom stereocenters. The number of halogens is 1. The Bertz CT molecular complexity index is 298. The van der Waals surface area contributed by atoms with E-state index in [2.05, 4.69) is 35.7 Å². The molecule has 0 spiro atoms. The van der Waals surface area contributed by atoms with Crippen LogP contribution in [0.5, 0.6) is 0 Å². The number of hydrogen-bond acceptors (Lipinski definition) is 4. The second-order valence-electron chi connectivity index (χ2n) is 3.97. The average molecular weight is 285 g/mol. The first-order chi connectivity index (χ1) is 7.88. The quantitative estimate of drug-likeness (QED) is 0.772. The van der Waals surface area contributed by atoms with E-state index in [-0.39, 0.29) is 0 Å².